The molecular formula is C11H12N2O3. The Morgan fingerprint density at radius 2 is 2.12 bits per heavy atom. The van der Waals surface area contributed by atoms with Gasteiger partial charge >= 0.3 is 5.97 Å². The number of hydrogen-bond acceptors (Lipinski definition) is 4. The van der Waals surface area contributed by atoms with Gasteiger partial charge in [0.15, 0.2) is 0 Å². The number of benzene rings is 1. The van der Waals surface area contributed by atoms with Gasteiger partial charge < -0.3 is 9.52 Å². The minimum atomic E-state index is -0.980. The summed E-state index contributed by atoms with van der Waals surface area (Å²) < 4.78 is 4.94. The number of aromatic nitrogens is 2. The summed E-state index contributed by atoms with van der Waals surface area (Å²) in [7, 11) is 0. The smallest absolute Gasteiger partial charge is 0.335 e. The molecule has 5 nitrogen and oxygen atoms in total. The molecule has 0 saturated heterocycles. The fraction of sp³-hybridized carbons (Fsp3) is 0.182. The van der Waals surface area contributed by atoms with E-state index >= 15 is 0 Å². The van der Waals surface area contributed by atoms with Gasteiger partial charge in [-0.1, -0.05) is 19.9 Å². The third-order valence-electron chi connectivity index (χ3n) is 1.72. The van der Waals surface area contributed by atoms with Crippen LogP contribution in [0.2, 0.25) is 0 Å². The quantitative estimate of drug-likeness (QED) is 0.841. The summed E-state index contributed by atoms with van der Waals surface area (Å²) in [5, 5.41) is 15.9. The molecule has 1 N–H and O–H groups in total. The Morgan fingerprint density at radius 1 is 1.38 bits per heavy atom. The van der Waals surface area contributed by atoms with E-state index in [1.807, 2.05) is 13.8 Å². The summed E-state index contributed by atoms with van der Waals surface area (Å²) >= 11 is 0. The summed E-state index contributed by atoms with van der Waals surface area (Å²) in [6.45, 7) is 4.00. The van der Waals surface area contributed by atoms with Crippen molar-refractivity contribution in [3.63, 3.8) is 0 Å². The molecule has 84 valence electrons. The Morgan fingerprint density at radius 3 is 2.69 bits per heavy atom. The lowest BCUT2D eigenvalue weighted by atomic mass is 10.1. The molecule has 0 aliphatic carbocycles. The molecule has 0 saturated carbocycles. The topological polar surface area (TPSA) is 76.2 Å². The van der Waals surface area contributed by atoms with Gasteiger partial charge in [0.1, 0.15) is 0 Å². The van der Waals surface area contributed by atoms with E-state index in [-0.39, 0.29) is 5.56 Å². The number of nitrogens with zero attached hydrogens (tertiary/aromatic N) is 2. The molecule has 2 aromatic rings. The van der Waals surface area contributed by atoms with Crippen molar-refractivity contribution in [2.24, 2.45) is 0 Å². The van der Waals surface area contributed by atoms with E-state index in [2.05, 4.69) is 10.2 Å². The second-order valence-electron chi connectivity index (χ2n) is 2.63. The molecule has 0 amide bonds. The van der Waals surface area contributed by atoms with Gasteiger partial charge in [0.2, 0.25) is 12.3 Å². The highest BCUT2D eigenvalue weighted by molar-refractivity contribution is 5.88. The number of hydrogen-bond donors (Lipinski definition) is 1. The first-order valence-corrected chi connectivity index (χ1v) is 4.87. The monoisotopic (exact) mass is 220 g/mol. The van der Waals surface area contributed by atoms with E-state index in [0.717, 1.165) is 0 Å². The summed E-state index contributed by atoms with van der Waals surface area (Å²) in [5.74, 6) is -0.667. The zero-order valence-corrected chi connectivity index (χ0v) is 9.04. The van der Waals surface area contributed by atoms with Crippen molar-refractivity contribution >= 4 is 5.97 Å². The van der Waals surface area contributed by atoms with Crippen LogP contribution in [0, 0.1) is 0 Å². The van der Waals surface area contributed by atoms with Crippen LogP contribution < -0.4 is 0 Å². The van der Waals surface area contributed by atoms with Crippen LogP contribution in [0.1, 0.15) is 24.2 Å². The molecule has 5 heteroatoms. The molecule has 16 heavy (non-hydrogen) atoms. The summed E-state index contributed by atoms with van der Waals surface area (Å²) in [6, 6.07) is 6.32. The highest BCUT2D eigenvalue weighted by atomic mass is 16.4. The second kappa shape index (κ2) is 5.65. The second-order valence-corrected chi connectivity index (χ2v) is 2.63. The van der Waals surface area contributed by atoms with Gasteiger partial charge in [-0.3, -0.25) is 0 Å². The zero-order chi connectivity index (χ0) is 12.0. The van der Waals surface area contributed by atoms with E-state index in [9.17, 15) is 4.79 Å². The summed E-state index contributed by atoms with van der Waals surface area (Å²) in [6.07, 6.45) is 1.20. The largest absolute Gasteiger partial charge is 0.478 e. The number of carboxylic acid groups (broad SMARTS) is 1. The van der Waals surface area contributed by atoms with Crippen LogP contribution >= 0.6 is 0 Å². The lowest BCUT2D eigenvalue weighted by Crippen LogP contribution is -1.95. The number of carboxylic acids is 1. The maximum atomic E-state index is 10.7. The SMILES string of the molecule is CC.O=C(O)c1cccc(-c2nnco2)c1. The van der Waals surface area contributed by atoms with Crippen LogP contribution in [-0.4, -0.2) is 21.3 Å². The lowest BCUT2D eigenvalue weighted by Gasteiger charge is -1.96. The Bertz CT molecular complexity index is 452. The van der Waals surface area contributed by atoms with Crippen molar-refractivity contribution in [1.29, 1.82) is 0 Å². The van der Waals surface area contributed by atoms with Crippen LogP contribution in [0.15, 0.2) is 35.1 Å². The minimum Gasteiger partial charge on any atom is -0.478 e. The lowest BCUT2D eigenvalue weighted by molar-refractivity contribution is 0.0697. The molecule has 0 radical (unpaired) electrons. The van der Waals surface area contributed by atoms with Gasteiger partial charge in [-0.25, -0.2) is 4.79 Å². The predicted molar refractivity (Wildman–Crippen MR) is 58.0 cm³/mol. The molecule has 0 bridgehead atoms. The number of rotatable bonds is 2. The first-order valence-electron chi connectivity index (χ1n) is 4.87. The Kier molecular flexibility index (Phi) is 4.20. The Labute approximate surface area is 92.7 Å². The Balaban J connectivity index is 0.000000606. The molecule has 0 aliphatic rings. The summed E-state index contributed by atoms with van der Waals surface area (Å²) in [5.41, 5.74) is 0.795. The van der Waals surface area contributed by atoms with E-state index in [1.165, 1.54) is 18.5 Å². The van der Waals surface area contributed by atoms with E-state index in [0.29, 0.717) is 11.5 Å². The molecule has 0 unspecified atom stereocenters. The average molecular weight is 220 g/mol. The van der Waals surface area contributed by atoms with Crippen LogP contribution in [0.4, 0.5) is 0 Å². The van der Waals surface area contributed by atoms with Crippen molar-refractivity contribution < 1.29 is 14.3 Å². The fourth-order valence-electron chi connectivity index (χ4n) is 1.08. The van der Waals surface area contributed by atoms with Crippen molar-refractivity contribution in [3.05, 3.63) is 36.2 Å². The van der Waals surface area contributed by atoms with Gasteiger partial charge in [-0.15, -0.1) is 10.2 Å². The van der Waals surface area contributed by atoms with Gasteiger partial charge in [-0.2, -0.15) is 0 Å². The van der Waals surface area contributed by atoms with E-state index < -0.39 is 5.97 Å². The normalized spacial score (nSPS) is 9.12. The summed E-state index contributed by atoms with van der Waals surface area (Å²) in [4.78, 5) is 10.7. The maximum Gasteiger partial charge on any atom is 0.335 e. The van der Waals surface area contributed by atoms with Crippen LogP contribution in [-0.2, 0) is 0 Å². The van der Waals surface area contributed by atoms with E-state index in [1.54, 1.807) is 12.1 Å². The molecule has 2 rings (SSSR count). The standard InChI is InChI=1S/C9H6N2O3.C2H6/c12-9(13)7-3-1-2-6(4-7)8-11-10-5-14-8;1-2/h1-5H,(H,12,13);1-2H3. The van der Waals surface area contributed by atoms with Crippen LogP contribution in [0.5, 0.6) is 0 Å². The van der Waals surface area contributed by atoms with Crippen molar-refractivity contribution in [2.45, 2.75) is 13.8 Å². The van der Waals surface area contributed by atoms with E-state index in [4.69, 9.17) is 9.52 Å². The third kappa shape index (κ3) is 2.66. The fourth-order valence-corrected chi connectivity index (χ4v) is 1.08. The third-order valence-corrected chi connectivity index (χ3v) is 1.72. The van der Waals surface area contributed by atoms with Crippen LogP contribution in [0.3, 0.4) is 0 Å². The molecule has 1 aromatic heterocycles. The Hall–Kier alpha value is -2.17. The first-order chi connectivity index (χ1) is 7.77. The first kappa shape index (κ1) is 11.9. The van der Waals surface area contributed by atoms with Crippen molar-refractivity contribution in [3.8, 4) is 11.5 Å². The number of carbonyl (C=O) groups is 1. The molecule has 0 fully saturated rings. The maximum absolute atomic E-state index is 10.7. The molecule has 0 spiro atoms. The van der Waals surface area contributed by atoms with Crippen LogP contribution in [0.25, 0.3) is 11.5 Å². The molecule has 1 aromatic carbocycles. The van der Waals surface area contributed by atoms with Crippen molar-refractivity contribution in [2.75, 3.05) is 0 Å². The van der Waals surface area contributed by atoms with Gasteiger partial charge in [0.25, 0.3) is 0 Å². The van der Waals surface area contributed by atoms with Gasteiger partial charge in [0.05, 0.1) is 5.56 Å². The molecule has 1 heterocycles. The number of aromatic carboxylic acids is 1. The molecule has 0 aliphatic heterocycles. The van der Waals surface area contributed by atoms with Crippen molar-refractivity contribution in [1.82, 2.24) is 10.2 Å². The van der Waals surface area contributed by atoms with Gasteiger partial charge in [0, 0.05) is 5.56 Å². The highest BCUT2D eigenvalue weighted by Gasteiger charge is 2.07. The zero-order valence-electron chi connectivity index (χ0n) is 9.04. The molecule has 0 atom stereocenters. The average Bonchev–Trinajstić information content (AvgIpc) is 2.85. The minimum absolute atomic E-state index is 0.195. The van der Waals surface area contributed by atoms with Gasteiger partial charge in [-0.05, 0) is 18.2 Å². The highest BCUT2D eigenvalue weighted by Crippen LogP contribution is 2.17. The molecular weight excluding hydrogens is 208 g/mol. The predicted octanol–water partition coefficient (Wildman–Crippen LogP) is 2.46.